The number of phenolic OH excluding ortho intramolecular Hbond substituents is 2. The lowest BCUT2D eigenvalue weighted by Crippen LogP contribution is -2.26. The zero-order valence-corrected chi connectivity index (χ0v) is 11.8. The van der Waals surface area contributed by atoms with Gasteiger partial charge in [0.1, 0.15) is 0 Å². The molecule has 0 aliphatic heterocycles. The fourth-order valence-corrected chi connectivity index (χ4v) is 1.73. The Hall–Kier alpha value is -1.74. The van der Waals surface area contributed by atoms with E-state index >= 15 is 0 Å². The van der Waals surface area contributed by atoms with Gasteiger partial charge in [0.2, 0.25) is 0 Å². The maximum atomic E-state index is 8.85. The van der Waals surface area contributed by atoms with Crippen LogP contribution in [-0.2, 0) is 0 Å². The predicted molar refractivity (Wildman–Crippen MR) is 79.2 cm³/mol. The van der Waals surface area contributed by atoms with E-state index in [2.05, 4.69) is 32.1 Å². The molecule has 0 spiro atoms. The van der Waals surface area contributed by atoms with Crippen LogP contribution in [0.4, 0.5) is 0 Å². The summed E-state index contributed by atoms with van der Waals surface area (Å²) in [6, 6.07) is 4.94. The SMILES string of the molecule is CCC1=CC(N)C(C)C=C1.Cc1ccc(O)c(O)c1. The van der Waals surface area contributed by atoms with E-state index in [9.17, 15) is 0 Å². The number of hydrogen-bond donors (Lipinski definition) is 3. The van der Waals surface area contributed by atoms with Crippen LogP contribution in [0.3, 0.4) is 0 Å². The van der Waals surface area contributed by atoms with Crippen LogP contribution >= 0.6 is 0 Å². The molecule has 0 aromatic heterocycles. The van der Waals surface area contributed by atoms with Gasteiger partial charge in [0.25, 0.3) is 0 Å². The summed E-state index contributed by atoms with van der Waals surface area (Å²) in [5.41, 5.74) is 8.12. The van der Waals surface area contributed by atoms with Gasteiger partial charge in [-0.2, -0.15) is 0 Å². The number of aromatic hydroxyl groups is 2. The van der Waals surface area contributed by atoms with Gasteiger partial charge >= 0.3 is 0 Å². The van der Waals surface area contributed by atoms with Crippen molar-refractivity contribution in [2.75, 3.05) is 0 Å². The average molecular weight is 261 g/mol. The summed E-state index contributed by atoms with van der Waals surface area (Å²) in [6.07, 6.45) is 7.61. The van der Waals surface area contributed by atoms with E-state index in [4.69, 9.17) is 15.9 Å². The number of nitrogens with two attached hydrogens (primary N) is 1. The number of hydrogen-bond acceptors (Lipinski definition) is 3. The molecule has 0 fully saturated rings. The molecule has 0 saturated carbocycles. The monoisotopic (exact) mass is 261 g/mol. The highest BCUT2D eigenvalue weighted by molar-refractivity contribution is 5.39. The standard InChI is InChI=1S/C9H15N.C7H8O2/c1-3-8-5-4-7(2)9(10)6-8;1-5-2-3-6(8)7(9)4-5/h4-7,9H,3,10H2,1-2H3;2-4,8-9H,1H3. The second-order valence-electron chi connectivity index (χ2n) is 4.88. The van der Waals surface area contributed by atoms with Crippen molar-refractivity contribution in [1.29, 1.82) is 0 Å². The third-order valence-electron chi connectivity index (χ3n) is 3.17. The number of aryl methyl sites for hydroxylation is 1. The minimum Gasteiger partial charge on any atom is -0.504 e. The van der Waals surface area contributed by atoms with Gasteiger partial charge in [-0.05, 0) is 37.0 Å². The van der Waals surface area contributed by atoms with Crippen molar-refractivity contribution in [3.05, 3.63) is 47.6 Å². The molecule has 0 heterocycles. The Balaban J connectivity index is 0.000000191. The highest BCUT2D eigenvalue weighted by atomic mass is 16.3. The lowest BCUT2D eigenvalue weighted by molar-refractivity contribution is 0.403. The van der Waals surface area contributed by atoms with Gasteiger partial charge in [0, 0.05) is 6.04 Å². The second kappa shape index (κ2) is 7.00. The van der Waals surface area contributed by atoms with Crippen molar-refractivity contribution in [1.82, 2.24) is 0 Å². The van der Waals surface area contributed by atoms with Crippen LogP contribution in [0.15, 0.2) is 42.0 Å². The average Bonchev–Trinajstić information content (AvgIpc) is 2.38. The molecule has 1 aromatic carbocycles. The Bertz CT molecular complexity index is 478. The van der Waals surface area contributed by atoms with Crippen LogP contribution in [0.1, 0.15) is 25.8 Å². The van der Waals surface area contributed by atoms with Crippen LogP contribution in [0, 0.1) is 12.8 Å². The Morgan fingerprint density at radius 3 is 2.37 bits per heavy atom. The van der Waals surface area contributed by atoms with Gasteiger partial charge in [-0.3, -0.25) is 0 Å². The molecule has 2 unspecified atom stereocenters. The first kappa shape index (κ1) is 15.3. The van der Waals surface area contributed by atoms with E-state index in [1.807, 2.05) is 6.92 Å². The number of allylic oxidation sites excluding steroid dienone is 2. The topological polar surface area (TPSA) is 66.5 Å². The Morgan fingerprint density at radius 1 is 1.21 bits per heavy atom. The number of phenols is 2. The molecule has 0 radical (unpaired) electrons. The van der Waals surface area contributed by atoms with E-state index in [1.165, 1.54) is 17.7 Å². The highest BCUT2D eigenvalue weighted by Gasteiger charge is 2.10. The summed E-state index contributed by atoms with van der Waals surface area (Å²) in [4.78, 5) is 0. The summed E-state index contributed by atoms with van der Waals surface area (Å²) in [7, 11) is 0. The lowest BCUT2D eigenvalue weighted by Gasteiger charge is -2.17. The Morgan fingerprint density at radius 2 is 1.89 bits per heavy atom. The summed E-state index contributed by atoms with van der Waals surface area (Å²) in [6.45, 7) is 6.14. The minimum absolute atomic E-state index is 0.0602. The van der Waals surface area contributed by atoms with Gasteiger partial charge in [-0.1, -0.05) is 43.7 Å². The molecule has 3 heteroatoms. The maximum absolute atomic E-state index is 8.85. The van der Waals surface area contributed by atoms with Crippen LogP contribution in [0.5, 0.6) is 11.5 Å². The van der Waals surface area contributed by atoms with E-state index < -0.39 is 0 Å². The molecule has 0 saturated heterocycles. The molecule has 0 amide bonds. The molecule has 4 N–H and O–H groups in total. The van der Waals surface area contributed by atoms with Gasteiger partial charge < -0.3 is 15.9 Å². The Kier molecular flexibility index (Phi) is 5.64. The molecule has 19 heavy (non-hydrogen) atoms. The molecule has 1 aliphatic rings. The smallest absolute Gasteiger partial charge is 0.157 e. The molecular formula is C16H23NO2. The van der Waals surface area contributed by atoms with Gasteiger partial charge in [-0.25, -0.2) is 0 Å². The van der Waals surface area contributed by atoms with Crippen molar-refractivity contribution in [2.24, 2.45) is 11.7 Å². The fraction of sp³-hybridized carbons (Fsp3) is 0.375. The molecule has 2 rings (SSSR count). The van der Waals surface area contributed by atoms with E-state index in [-0.39, 0.29) is 17.5 Å². The predicted octanol–water partition coefficient (Wildman–Crippen LogP) is 3.26. The van der Waals surface area contributed by atoms with Crippen LogP contribution in [0.25, 0.3) is 0 Å². The Labute approximate surface area is 115 Å². The summed E-state index contributed by atoms with van der Waals surface area (Å²) in [5.74, 6) is 0.380. The first-order chi connectivity index (χ1) is 8.93. The number of rotatable bonds is 1. The van der Waals surface area contributed by atoms with E-state index in [0.29, 0.717) is 5.92 Å². The van der Waals surface area contributed by atoms with Gasteiger partial charge in [0.15, 0.2) is 11.5 Å². The van der Waals surface area contributed by atoms with Crippen LogP contribution in [0.2, 0.25) is 0 Å². The van der Waals surface area contributed by atoms with Gasteiger partial charge in [0.05, 0.1) is 0 Å². The molecule has 2 atom stereocenters. The number of benzene rings is 1. The molecule has 3 nitrogen and oxygen atoms in total. The molecule has 104 valence electrons. The summed E-state index contributed by atoms with van der Waals surface area (Å²) in [5, 5.41) is 17.6. The quantitative estimate of drug-likeness (QED) is 0.680. The molecule has 1 aliphatic carbocycles. The zero-order valence-electron chi connectivity index (χ0n) is 11.8. The molecule has 1 aromatic rings. The van der Waals surface area contributed by atoms with Crippen molar-refractivity contribution in [3.8, 4) is 11.5 Å². The van der Waals surface area contributed by atoms with Crippen molar-refractivity contribution < 1.29 is 10.2 Å². The van der Waals surface area contributed by atoms with Crippen molar-refractivity contribution in [2.45, 2.75) is 33.2 Å². The minimum atomic E-state index is -0.0689. The molecule has 0 bridgehead atoms. The fourth-order valence-electron chi connectivity index (χ4n) is 1.73. The normalized spacial score (nSPS) is 21.4. The third kappa shape index (κ3) is 4.79. The van der Waals surface area contributed by atoms with E-state index in [1.54, 1.807) is 6.07 Å². The highest BCUT2D eigenvalue weighted by Crippen LogP contribution is 2.23. The second-order valence-corrected chi connectivity index (χ2v) is 4.88. The summed E-state index contributed by atoms with van der Waals surface area (Å²) >= 11 is 0. The van der Waals surface area contributed by atoms with Gasteiger partial charge in [-0.15, -0.1) is 0 Å². The molecular weight excluding hydrogens is 238 g/mol. The first-order valence-corrected chi connectivity index (χ1v) is 6.57. The largest absolute Gasteiger partial charge is 0.504 e. The third-order valence-corrected chi connectivity index (χ3v) is 3.17. The van der Waals surface area contributed by atoms with Crippen LogP contribution in [-0.4, -0.2) is 16.3 Å². The summed E-state index contributed by atoms with van der Waals surface area (Å²) < 4.78 is 0. The first-order valence-electron chi connectivity index (χ1n) is 6.57. The van der Waals surface area contributed by atoms with Crippen molar-refractivity contribution >= 4 is 0 Å². The lowest BCUT2D eigenvalue weighted by atomic mass is 9.93. The van der Waals surface area contributed by atoms with Crippen LogP contribution < -0.4 is 5.73 Å². The zero-order chi connectivity index (χ0) is 14.4. The van der Waals surface area contributed by atoms with Crippen molar-refractivity contribution in [3.63, 3.8) is 0 Å². The maximum Gasteiger partial charge on any atom is 0.157 e. The van der Waals surface area contributed by atoms with E-state index in [0.717, 1.165) is 12.0 Å².